The van der Waals surface area contributed by atoms with E-state index in [9.17, 15) is 4.79 Å². The molecule has 0 spiro atoms. The van der Waals surface area contributed by atoms with Crippen LogP contribution < -0.4 is 10.1 Å². The summed E-state index contributed by atoms with van der Waals surface area (Å²) in [4.78, 5) is 11.8. The van der Waals surface area contributed by atoms with E-state index in [0.717, 1.165) is 5.56 Å². The number of rotatable bonds is 5. The number of ether oxygens (including phenoxy) is 2. The number of aliphatic hydroxyl groups excluding tert-OH is 1. The van der Waals surface area contributed by atoms with Crippen molar-refractivity contribution in [3.05, 3.63) is 29.8 Å². The summed E-state index contributed by atoms with van der Waals surface area (Å²) in [5.41, 5.74) is 0.312. The number of nitrogens with one attached hydrogen (secondary N) is 1. The van der Waals surface area contributed by atoms with E-state index in [-0.39, 0.29) is 12.6 Å². The van der Waals surface area contributed by atoms with Crippen LogP contribution in [0.15, 0.2) is 24.3 Å². The highest BCUT2D eigenvalue weighted by Gasteiger charge is 2.20. The number of benzene rings is 1. The zero-order valence-electron chi connectivity index (χ0n) is 12.5. The zero-order valence-corrected chi connectivity index (χ0v) is 12.5. The molecule has 0 aliphatic carbocycles. The first-order valence-corrected chi connectivity index (χ1v) is 6.60. The van der Waals surface area contributed by atoms with Gasteiger partial charge in [0, 0.05) is 6.61 Å². The highest BCUT2D eigenvalue weighted by atomic mass is 16.6. The standard InChI is InChI=1S/C15H23NO4/c1-15(2,3)20-14(18)16-13(8-9-17)11-6-5-7-12(10-11)19-4/h5-7,10,13,17H,8-9H2,1-4H3,(H,16,18). The molecule has 0 radical (unpaired) electrons. The maximum Gasteiger partial charge on any atom is 0.408 e. The van der Waals surface area contributed by atoms with Gasteiger partial charge in [0.1, 0.15) is 11.4 Å². The van der Waals surface area contributed by atoms with E-state index in [1.807, 2.05) is 24.3 Å². The summed E-state index contributed by atoms with van der Waals surface area (Å²) < 4.78 is 10.4. The van der Waals surface area contributed by atoms with Crippen molar-refractivity contribution in [2.24, 2.45) is 0 Å². The van der Waals surface area contributed by atoms with Crippen LogP contribution in [-0.4, -0.2) is 30.5 Å². The van der Waals surface area contributed by atoms with Crippen LogP contribution in [0, 0.1) is 0 Å². The summed E-state index contributed by atoms with van der Waals surface area (Å²) in [6.45, 7) is 5.38. The van der Waals surface area contributed by atoms with E-state index < -0.39 is 11.7 Å². The molecule has 2 N–H and O–H groups in total. The molecule has 112 valence electrons. The van der Waals surface area contributed by atoms with Crippen LogP contribution in [0.25, 0.3) is 0 Å². The number of hydrogen-bond acceptors (Lipinski definition) is 4. The molecule has 0 saturated carbocycles. The summed E-state index contributed by atoms with van der Waals surface area (Å²) in [7, 11) is 1.58. The molecule has 0 heterocycles. The largest absolute Gasteiger partial charge is 0.497 e. The van der Waals surface area contributed by atoms with Crippen LogP contribution in [-0.2, 0) is 4.74 Å². The van der Waals surface area contributed by atoms with E-state index in [1.54, 1.807) is 27.9 Å². The van der Waals surface area contributed by atoms with E-state index in [4.69, 9.17) is 14.6 Å². The number of carbonyl (C=O) groups is 1. The molecule has 1 rings (SSSR count). The number of methoxy groups -OCH3 is 1. The Labute approximate surface area is 119 Å². The molecular formula is C15H23NO4. The molecule has 0 aromatic heterocycles. The van der Waals surface area contributed by atoms with Crippen molar-refractivity contribution < 1.29 is 19.4 Å². The minimum Gasteiger partial charge on any atom is -0.497 e. The fourth-order valence-corrected chi connectivity index (χ4v) is 1.76. The van der Waals surface area contributed by atoms with Crippen molar-refractivity contribution >= 4 is 6.09 Å². The third kappa shape index (κ3) is 5.48. The molecule has 5 nitrogen and oxygen atoms in total. The molecule has 0 aliphatic rings. The Hall–Kier alpha value is -1.75. The Morgan fingerprint density at radius 2 is 2.10 bits per heavy atom. The second-order valence-corrected chi connectivity index (χ2v) is 5.49. The van der Waals surface area contributed by atoms with Gasteiger partial charge in [-0.25, -0.2) is 4.79 Å². The Morgan fingerprint density at radius 1 is 1.40 bits per heavy atom. The lowest BCUT2D eigenvalue weighted by Crippen LogP contribution is -2.35. The number of amides is 1. The van der Waals surface area contributed by atoms with Crippen molar-refractivity contribution in [1.82, 2.24) is 5.32 Å². The van der Waals surface area contributed by atoms with Gasteiger partial charge < -0.3 is 19.9 Å². The van der Waals surface area contributed by atoms with Gasteiger partial charge in [0.25, 0.3) is 0 Å². The molecule has 1 aromatic carbocycles. The lowest BCUT2D eigenvalue weighted by Gasteiger charge is -2.23. The number of carbonyl (C=O) groups excluding carboxylic acids is 1. The maximum atomic E-state index is 11.8. The molecule has 0 bridgehead atoms. The van der Waals surface area contributed by atoms with Gasteiger partial charge in [0.15, 0.2) is 0 Å². The summed E-state index contributed by atoms with van der Waals surface area (Å²) >= 11 is 0. The predicted octanol–water partition coefficient (Wildman–Crippen LogP) is 2.64. The third-order valence-electron chi connectivity index (χ3n) is 2.60. The first-order chi connectivity index (χ1) is 9.35. The number of alkyl carbamates (subject to hydrolysis) is 1. The van der Waals surface area contributed by atoms with Crippen molar-refractivity contribution in [2.75, 3.05) is 13.7 Å². The van der Waals surface area contributed by atoms with Gasteiger partial charge in [-0.2, -0.15) is 0 Å². The highest BCUT2D eigenvalue weighted by molar-refractivity contribution is 5.68. The fraction of sp³-hybridized carbons (Fsp3) is 0.533. The SMILES string of the molecule is COc1cccc(C(CCO)NC(=O)OC(C)(C)C)c1. The van der Waals surface area contributed by atoms with Crippen LogP contribution in [0.2, 0.25) is 0 Å². The molecule has 1 aromatic rings. The fourth-order valence-electron chi connectivity index (χ4n) is 1.76. The Kier molecular flexibility index (Phi) is 5.82. The monoisotopic (exact) mass is 281 g/mol. The maximum absolute atomic E-state index is 11.8. The molecule has 0 saturated heterocycles. The Bertz CT molecular complexity index is 440. The van der Waals surface area contributed by atoms with Gasteiger partial charge in [0.2, 0.25) is 0 Å². The van der Waals surface area contributed by atoms with Crippen LogP contribution in [0.3, 0.4) is 0 Å². The molecule has 20 heavy (non-hydrogen) atoms. The normalized spacial score (nSPS) is 12.7. The van der Waals surface area contributed by atoms with Crippen LogP contribution >= 0.6 is 0 Å². The second kappa shape index (κ2) is 7.14. The summed E-state index contributed by atoms with van der Waals surface area (Å²) in [6.07, 6.45) is -0.0920. The zero-order chi connectivity index (χ0) is 15.2. The van der Waals surface area contributed by atoms with E-state index in [1.165, 1.54) is 0 Å². The molecule has 1 unspecified atom stereocenters. The van der Waals surface area contributed by atoms with E-state index >= 15 is 0 Å². The Morgan fingerprint density at radius 3 is 2.65 bits per heavy atom. The summed E-state index contributed by atoms with van der Waals surface area (Å²) in [6, 6.07) is 7.06. The van der Waals surface area contributed by atoms with Gasteiger partial charge in [0.05, 0.1) is 13.2 Å². The lowest BCUT2D eigenvalue weighted by atomic mass is 10.0. The number of aliphatic hydroxyl groups is 1. The van der Waals surface area contributed by atoms with Crippen molar-refractivity contribution in [3.63, 3.8) is 0 Å². The van der Waals surface area contributed by atoms with Crippen LogP contribution in [0.1, 0.15) is 38.8 Å². The molecule has 1 amide bonds. The quantitative estimate of drug-likeness (QED) is 0.870. The van der Waals surface area contributed by atoms with Gasteiger partial charge in [-0.05, 0) is 44.9 Å². The first-order valence-electron chi connectivity index (χ1n) is 6.60. The van der Waals surface area contributed by atoms with E-state index in [0.29, 0.717) is 12.2 Å². The van der Waals surface area contributed by atoms with Crippen molar-refractivity contribution in [3.8, 4) is 5.75 Å². The van der Waals surface area contributed by atoms with Crippen LogP contribution in [0.5, 0.6) is 5.75 Å². The van der Waals surface area contributed by atoms with Gasteiger partial charge in [-0.1, -0.05) is 12.1 Å². The van der Waals surface area contributed by atoms with Gasteiger partial charge in [-0.15, -0.1) is 0 Å². The first kappa shape index (κ1) is 16.3. The lowest BCUT2D eigenvalue weighted by molar-refractivity contribution is 0.0496. The van der Waals surface area contributed by atoms with Gasteiger partial charge in [-0.3, -0.25) is 0 Å². The number of hydrogen-bond donors (Lipinski definition) is 2. The molecule has 1 atom stereocenters. The van der Waals surface area contributed by atoms with Crippen molar-refractivity contribution in [1.29, 1.82) is 0 Å². The topological polar surface area (TPSA) is 67.8 Å². The minimum atomic E-state index is -0.553. The predicted molar refractivity (Wildman–Crippen MR) is 76.8 cm³/mol. The molecular weight excluding hydrogens is 258 g/mol. The molecule has 5 heteroatoms. The van der Waals surface area contributed by atoms with Gasteiger partial charge >= 0.3 is 6.09 Å². The molecule has 0 aliphatic heterocycles. The van der Waals surface area contributed by atoms with Crippen molar-refractivity contribution in [2.45, 2.75) is 38.8 Å². The summed E-state index contributed by atoms with van der Waals surface area (Å²) in [5.74, 6) is 0.705. The Balaban J connectivity index is 2.80. The average Bonchev–Trinajstić information content (AvgIpc) is 2.36. The summed E-state index contributed by atoms with van der Waals surface area (Å²) in [5, 5.41) is 11.9. The van der Waals surface area contributed by atoms with Crippen LogP contribution in [0.4, 0.5) is 4.79 Å². The van der Waals surface area contributed by atoms with E-state index in [2.05, 4.69) is 5.32 Å². The highest BCUT2D eigenvalue weighted by Crippen LogP contribution is 2.22. The minimum absolute atomic E-state index is 0.0301. The second-order valence-electron chi connectivity index (χ2n) is 5.49. The average molecular weight is 281 g/mol. The third-order valence-corrected chi connectivity index (χ3v) is 2.60. The molecule has 0 fully saturated rings. The smallest absolute Gasteiger partial charge is 0.408 e.